The van der Waals surface area contributed by atoms with Crippen LogP contribution in [0, 0.1) is 11.3 Å². The van der Waals surface area contributed by atoms with Gasteiger partial charge >= 0.3 is 0 Å². The van der Waals surface area contributed by atoms with Crippen molar-refractivity contribution in [3.63, 3.8) is 0 Å². The molecule has 1 aliphatic heterocycles. The van der Waals surface area contributed by atoms with Crippen molar-refractivity contribution in [1.29, 1.82) is 0 Å². The molecule has 2 fully saturated rings. The van der Waals surface area contributed by atoms with E-state index in [1.165, 1.54) is 38.5 Å². The van der Waals surface area contributed by atoms with E-state index in [1.807, 2.05) is 0 Å². The SMILES string of the molecule is CCC(NCC1(C)COC1)C1CCCCC1. The van der Waals surface area contributed by atoms with Crippen LogP contribution >= 0.6 is 0 Å². The fourth-order valence-electron chi connectivity index (χ4n) is 3.11. The molecule has 1 saturated heterocycles. The summed E-state index contributed by atoms with van der Waals surface area (Å²) >= 11 is 0. The first-order chi connectivity index (χ1) is 7.73. The Hall–Kier alpha value is -0.0800. The molecule has 0 spiro atoms. The zero-order valence-electron chi connectivity index (χ0n) is 10.9. The van der Waals surface area contributed by atoms with E-state index in [0.29, 0.717) is 5.41 Å². The molecular weight excluding hydrogens is 198 g/mol. The standard InChI is InChI=1S/C14H27NO/c1-3-13(12-7-5-4-6-8-12)15-9-14(2)10-16-11-14/h12-13,15H,3-11H2,1-2H3. The number of ether oxygens (including phenoxy) is 1. The zero-order chi connectivity index (χ0) is 11.4. The van der Waals surface area contributed by atoms with Gasteiger partial charge in [0.25, 0.3) is 0 Å². The molecule has 1 atom stereocenters. The van der Waals surface area contributed by atoms with Crippen molar-refractivity contribution in [1.82, 2.24) is 5.32 Å². The Morgan fingerprint density at radius 3 is 2.44 bits per heavy atom. The maximum absolute atomic E-state index is 5.31. The molecule has 16 heavy (non-hydrogen) atoms. The lowest BCUT2D eigenvalue weighted by molar-refractivity contribution is -0.101. The van der Waals surface area contributed by atoms with E-state index in [1.54, 1.807) is 0 Å². The summed E-state index contributed by atoms with van der Waals surface area (Å²) in [6.07, 6.45) is 8.52. The molecule has 1 saturated carbocycles. The summed E-state index contributed by atoms with van der Waals surface area (Å²) in [4.78, 5) is 0. The maximum atomic E-state index is 5.31. The average molecular weight is 225 g/mol. The summed E-state index contributed by atoms with van der Waals surface area (Å²) in [7, 11) is 0. The number of rotatable bonds is 5. The van der Waals surface area contributed by atoms with Crippen LogP contribution in [0.25, 0.3) is 0 Å². The van der Waals surface area contributed by atoms with Crippen molar-refractivity contribution in [3.8, 4) is 0 Å². The third-order valence-electron chi connectivity index (χ3n) is 4.35. The molecule has 1 unspecified atom stereocenters. The second-order valence-electron chi connectivity index (χ2n) is 6.10. The highest BCUT2D eigenvalue weighted by molar-refractivity contribution is 4.86. The molecule has 0 aromatic carbocycles. The quantitative estimate of drug-likeness (QED) is 0.776. The molecule has 1 aliphatic carbocycles. The molecule has 94 valence electrons. The van der Waals surface area contributed by atoms with E-state index in [9.17, 15) is 0 Å². The van der Waals surface area contributed by atoms with Crippen LogP contribution in [0.15, 0.2) is 0 Å². The normalized spacial score (nSPS) is 27.4. The smallest absolute Gasteiger partial charge is 0.0554 e. The van der Waals surface area contributed by atoms with E-state index >= 15 is 0 Å². The molecule has 0 aromatic rings. The van der Waals surface area contributed by atoms with Crippen LogP contribution in [-0.2, 0) is 4.74 Å². The van der Waals surface area contributed by atoms with Crippen LogP contribution in [0.1, 0.15) is 52.4 Å². The summed E-state index contributed by atoms with van der Waals surface area (Å²) < 4.78 is 5.31. The van der Waals surface area contributed by atoms with Crippen molar-refractivity contribution in [2.75, 3.05) is 19.8 Å². The number of hydrogen-bond donors (Lipinski definition) is 1. The fraction of sp³-hybridized carbons (Fsp3) is 1.00. The van der Waals surface area contributed by atoms with Gasteiger partial charge in [-0.15, -0.1) is 0 Å². The first-order valence-electron chi connectivity index (χ1n) is 7.05. The maximum Gasteiger partial charge on any atom is 0.0554 e. The lowest BCUT2D eigenvalue weighted by Gasteiger charge is -2.40. The van der Waals surface area contributed by atoms with Gasteiger partial charge < -0.3 is 10.1 Å². The van der Waals surface area contributed by atoms with Crippen molar-refractivity contribution >= 4 is 0 Å². The largest absolute Gasteiger partial charge is 0.380 e. The van der Waals surface area contributed by atoms with E-state index in [-0.39, 0.29) is 0 Å². The van der Waals surface area contributed by atoms with Crippen LogP contribution in [0.3, 0.4) is 0 Å². The Morgan fingerprint density at radius 1 is 1.25 bits per heavy atom. The molecule has 0 bridgehead atoms. The molecule has 1 N–H and O–H groups in total. The van der Waals surface area contributed by atoms with Gasteiger partial charge in [-0.05, 0) is 25.2 Å². The summed E-state index contributed by atoms with van der Waals surface area (Å²) in [6.45, 7) is 7.69. The van der Waals surface area contributed by atoms with Crippen LogP contribution in [0.4, 0.5) is 0 Å². The second-order valence-corrected chi connectivity index (χ2v) is 6.10. The molecule has 2 nitrogen and oxygen atoms in total. The number of nitrogens with one attached hydrogen (secondary N) is 1. The minimum absolute atomic E-state index is 0.419. The van der Waals surface area contributed by atoms with Crippen LogP contribution in [0.5, 0.6) is 0 Å². The van der Waals surface area contributed by atoms with Gasteiger partial charge in [0.05, 0.1) is 13.2 Å². The predicted octanol–water partition coefficient (Wildman–Crippen LogP) is 2.97. The van der Waals surface area contributed by atoms with Gasteiger partial charge in [0.1, 0.15) is 0 Å². The zero-order valence-corrected chi connectivity index (χ0v) is 10.9. The van der Waals surface area contributed by atoms with E-state index in [0.717, 1.165) is 31.7 Å². The van der Waals surface area contributed by atoms with Gasteiger partial charge in [-0.1, -0.05) is 33.1 Å². The average Bonchev–Trinajstić information content (AvgIpc) is 2.29. The molecular formula is C14H27NO. The van der Waals surface area contributed by atoms with Gasteiger partial charge in [-0.3, -0.25) is 0 Å². The van der Waals surface area contributed by atoms with Crippen molar-refractivity contribution < 1.29 is 4.74 Å². The van der Waals surface area contributed by atoms with Crippen molar-refractivity contribution in [2.45, 2.75) is 58.4 Å². The first-order valence-corrected chi connectivity index (χ1v) is 7.05. The van der Waals surface area contributed by atoms with E-state index in [4.69, 9.17) is 4.74 Å². The highest BCUT2D eigenvalue weighted by atomic mass is 16.5. The molecule has 0 aromatic heterocycles. The van der Waals surface area contributed by atoms with Crippen molar-refractivity contribution in [2.24, 2.45) is 11.3 Å². The second kappa shape index (κ2) is 5.50. The van der Waals surface area contributed by atoms with Gasteiger partial charge in [0.2, 0.25) is 0 Å². The first kappa shape index (κ1) is 12.4. The predicted molar refractivity (Wildman–Crippen MR) is 67.6 cm³/mol. The minimum Gasteiger partial charge on any atom is -0.380 e. The van der Waals surface area contributed by atoms with Crippen molar-refractivity contribution in [3.05, 3.63) is 0 Å². The Balaban J connectivity index is 1.75. The monoisotopic (exact) mass is 225 g/mol. The Labute approximate surface area is 100 Å². The molecule has 2 aliphatic rings. The van der Waals surface area contributed by atoms with Crippen LogP contribution < -0.4 is 5.32 Å². The molecule has 2 heteroatoms. The van der Waals surface area contributed by atoms with E-state index in [2.05, 4.69) is 19.2 Å². The molecule has 0 radical (unpaired) electrons. The van der Waals surface area contributed by atoms with Gasteiger partial charge in [-0.2, -0.15) is 0 Å². The van der Waals surface area contributed by atoms with Gasteiger partial charge in [0.15, 0.2) is 0 Å². The number of hydrogen-bond acceptors (Lipinski definition) is 2. The van der Waals surface area contributed by atoms with Gasteiger partial charge in [0, 0.05) is 18.0 Å². The Kier molecular flexibility index (Phi) is 4.26. The molecule has 0 amide bonds. The lowest BCUT2D eigenvalue weighted by atomic mass is 9.81. The van der Waals surface area contributed by atoms with Crippen LogP contribution in [-0.4, -0.2) is 25.8 Å². The van der Waals surface area contributed by atoms with E-state index < -0.39 is 0 Å². The third kappa shape index (κ3) is 2.98. The molecule has 1 heterocycles. The summed E-state index contributed by atoms with van der Waals surface area (Å²) in [5, 5.41) is 3.80. The highest BCUT2D eigenvalue weighted by Gasteiger charge is 2.34. The minimum atomic E-state index is 0.419. The lowest BCUT2D eigenvalue weighted by Crippen LogP contribution is -2.51. The fourth-order valence-corrected chi connectivity index (χ4v) is 3.11. The van der Waals surface area contributed by atoms with Crippen LogP contribution in [0.2, 0.25) is 0 Å². The summed E-state index contributed by atoms with van der Waals surface area (Å²) in [5.74, 6) is 0.934. The third-order valence-corrected chi connectivity index (χ3v) is 4.35. The van der Waals surface area contributed by atoms with Gasteiger partial charge in [-0.25, -0.2) is 0 Å². The summed E-state index contributed by atoms with van der Waals surface area (Å²) in [5.41, 5.74) is 0.419. The molecule has 2 rings (SSSR count). The topological polar surface area (TPSA) is 21.3 Å². The highest BCUT2D eigenvalue weighted by Crippen LogP contribution is 2.30. The Morgan fingerprint density at radius 2 is 1.94 bits per heavy atom. The summed E-state index contributed by atoms with van der Waals surface area (Å²) in [6, 6.07) is 0.748. The Bertz CT molecular complexity index is 207.